The summed E-state index contributed by atoms with van der Waals surface area (Å²) in [4.78, 5) is 17.5. The third kappa shape index (κ3) is 4.93. The van der Waals surface area contributed by atoms with Crippen molar-refractivity contribution in [2.75, 3.05) is 37.7 Å². The van der Waals surface area contributed by atoms with Crippen molar-refractivity contribution in [1.29, 1.82) is 0 Å². The van der Waals surface area contributed by atoms with Gasteiger partial charge in [-0.25, -0.2) is 4.39 Å². The number of amides is 1. The SMILES string of the molecule is Cc1ccc(C(=O)N(Cc2c(-c3ccc(F)cc3)noc2N2CCOCC2)CC2CC2)cc1. The summed E-state index contributed by atoms with van der Waals surface area (Å²) < 4.78 is 24.9. The Hall–Kier alpha value is -3.19. The molecule has 0 N–H and O–H groups in total. The van der Waals surface area contributed by atoms with Gasteiger partial charge in [0.1, 0.15) is 11.5 Å². The van der Waals surface area contributed by atoms with E-state index in [2.05, 4.69) is 10.1 Å². The molecule has 6 nitrogen and oxygen atoms in total. The van der Waals surface area contributed by atoms with Crippen molar-refractivity contribution in [3.05, 3.63) is 71.0 Å². The average molecular weight is 450 g/mol. The van der Waals surface area contributed by atoms with Crippen molar-refractivity contribution in [2.45, 2.75) is 26.3 Å². The fraction of sp³-hybridized carbons (Fsp3) is 0.385. The van der Waals surface area contributed by atoms with E-state index >= 15 is 0 Å². The first-order chi connectivity index (χ1) is 16.1. The van der Waals surface area contributed by atoms with Crippen molar-refractivity contribution < 1.29 is 18.4 Å². The quantitative estimate of drug-likeness (QED) is 0.524. The van der Waals surface area contributed by atoms with Crippen LogP contribution in [0.25, 0.3) is 11.3 Å². The van der Waals surface area contributed by atoms with Crippen LogP contribution in [-0.4, -0.2) is 48.8 Å². The summed E-state index contributed by atoms with van der Waals surface area (Å²) in [7, 11) is 0. The van der Waals surface area contributed by atoms with Gasteiger partial charge in [0.05, 0.1) is 25.3 Å². The van der Waals surface area contributed by atoms with E-state index in [4.69, 9.17) is 9.26 Å². The second kappa shape index (κ2) is 9.35. The molecule has 33 heavy (non-hydrogen) atoms. The van der Waals surface area contributed by atoms with E-state index in [0.717, 1.165) is 29.5 Å². The molecule has 172 valence electrons. The van der Waals surface area contributed by atoms with E-state index < -0.39 is 0 Å². The molecule has 1 saturated heterocycles. The number of rotatable bonds is 7. The zero-order valence-electron chi connectivity index (χ0n) is 18.8. The van der Waals surface area contributed by atoms with Crippen LogP contribution in [0.3, 0.4) is 0 Å². The normalized spacial score (nSPS) is 16.1. The van der Waals surface area contributed by atoms with Crippen LogP contribution in [0.15, 0.2) is 53.1 Å². The largest absolute Gasteiger partial charge is 0.378 e. The number of nitrogens with zero attached hydrogens (tertiary/aromatic N) is 3. The number of halogens is 1. The Balaban J connectivity index is 1.51. The summed E-state index contributed by atoms with van der Waals surface area (Å²) in [5.74, 6) is 0.888. The monoisotopic (exact) mass is 449 g/mol. The maximum absolute atomic E-state index is 13.6. The van der Waals surface area contributed by atoms with E-state index in [1.807, 2.05) is 36.1 Å². The molecule has 2 aromatic carbocycles. The highest BCUT2D eigenvalue weighted by Crippen LogP contribution is 2.35. The third-order valence-electron chi connectivity index (χ3n) is 6.29. The molecule has 0 unspecified atom stereocenters. The van der Waals surface area contributed by atoms with Gasteiger partial charge in [-0.2, -0.15) is 0 Å². The summed E-state index contributed by atoms with van der Waals surface area (Å²) in [6.45, 7) is 5.70. The summed E-state index contributed by atoms with van der Waals surface area (Å²) in [5, 5.41) is 4.36. The maximum atomic E-state index is 13.6. The Morgan fingerprint density at radius 3 is 2.45 bits per heavy atom. The predicted octanol–water partition coefficient (Wildman–Crippen LogP) is 4.68. The zero-order chi connectivity index (χ0) is 22.8. The summed E-state index contributed by atoms with van der Waals surface area (Å²) in [5.41, 5.74) is 4.06. The van der Waals surface area contributed by atoms with Gasteiger partial charge in [-0.15, -0.1) is 0 Å². The van der Waals surface area contributed by atoms with Gasteiger partial charge in [0, 0.05) is 30.8 Å². The van der Waals surface area contributed by atoms with E-state index in [0.29, 0.717) is 62.5 Å². The lowest BCUT2D eigenvalue weighted by Gasteiger charge is -2.28. The van der Waals surface area contributed by atoms with Gasteiger partial charge in [0.2, 0.25) is 5.88 Å². The van der Waals surface area contributed by atoms with E-state index in [1.54, 1.807) is 12.1 Å². The van der Waals surface area contributed by atoms with Crippen LogP contribution in [-0.2, 0) is 11.3 Å². The minimum atomic E-state index is -0.304. The van der Waals surface area contributed by atoms with Crippen LogP contribution < -0.4 is 4.90 Å². The van der Waals surface area contributed by atoms with Gasteiger partial charge >= 0.3 is 0 Å². The van der Waals surface area contributed by atoms with Crippen LogP contribution >= 0.6 is 0 Å². The number of anilines is 1. The smallest absolute Gasteiger partial charge is 0.254 e. The Labute approximate surface area is 192 Å². The highest BCUT2D eigenvalue weighted by atomic mass is 19.1. The van der Waals surface area contributed by atoms with E-state index in [9.17, 15) is 9.18 Å². The molecule has 0 atom stereocenters. The topological polar surface area (TPSA) is 58.8 Å². The number of morpholine rings is 1. The fourth-order valence-corrected chi connectivity index (χ4v) is 4.19. The Kier molecular flexibility index (Phi) is 6.13. The van der Waals surface area contributed by atoms with Crippen molar-refractivity contribution in [3.8, 4) is 11.3 Å². The van der Waals surface area contributed by atoms with Crippen molar-refractivity contribution in [3.63, 3.8) is 0 Å². The first-order valence-electron chi connectivity index (χ1n) is 11.5. The molecule has 1 aliphatic heterocycles. The lowest BCUT2D eigenvalue weighted by molar-refractivity contribution is 0.0734. The molecular weight excluding hydrogens is 421 g/mol. The van der Waals surface area contributed by atoms with E-state index in [-0.39, 0.29) is 11.7 Å². The molecule has 0 radical (unpaired) electrons. The van der Waals surface area contributed by atoms with Gasteiger partial charge in [-0.3, -0.25) is 4.79 Å². The van der Waals surface area contributed by atoms with Gasteiger partial charge in [0.15, 0.2) is 0 Å². The lowest BCUT2D eigenvalue weighted by atomic mass is 10.1. The van der Waals surface area contributed by atoms with Crippen LogP contribution in [0.2, 0.25) is 0 Å². The van der Waals surface area contributed by atoms with Crippen LogP contribution in [0.4, 0.5) is 10.3 Å². The Bertz CT molecular complexity index is 1100. The number of ether oxygens (including phenoxy) is 1. The van der Waals surface area contributed by atoms with E-state index in [1.165, 1.54) is 12.1 Å². The van der Waals surface area contributed by atoms with Crippen molar-refractivity contribution in [1.82, 2.24) is 10.1 Å². The Morgan fingerprint density at radius 2 is 1.79 bits per heavy atom. The first-order valence-corrected chi connectivity index (χ1v) is 11.5. The summed E-state index contributed by atoms with van der Waals surface area (Å²) in [6.07, 6.45) is 2.28. The predicted molar refractivity (Wildman–Crippen MR) is 124 cm³/mol. The average Bonchev–Trinajstić information content (AvgIpc) is 3.57. The van der Waals surface area contributed by atoms with Gasteiger partial charge < -0.3 is 19.1 Å². The lowest BCUT2D eigenvalue weighted by Crippen LogP contribution is -2.37. The van der Waals surface area contributed by atoms with Crippen LogP contribution in [0.5, 0.6) is 0 Å². The van der Waals surface area contributed by atoms with Crippen LogP contribution in [0, 0.1) is 18.7 Å². The molecule has 0 spiro atoms. The number of aryl methyl sites for hydroxylation is 1. The molecular formula is C26H28FN3O3. The molecule has 5 rings (SSSR count). The molecule has 1 aliphatic carbocycles. The molecule has 1 saturated carbocycles. The number of aromatic nitrogens is 1. The summed E-state index contributed by atoms with van der Waals surface area (Å²) >= 11 is 0. The molecule has 2 heterocycles. The standard InChI is InChI=1S/C26H28FN3O3/c1-18-2-6-21(7-3-18)25(31)30(16-19-4-5-19)17-23-24(20-8-10-22(27)11-9-20)28-33-26(23)29-12-14-32-15-13-29/h2-3,6-11,19H,4-5,12-17H2,1H3. The van der Waals surface area contributed by atoms with Crippen LogP contribution in [0.1, 0.15) is 34.3 Å². The highest BCUT2D eigenvalue weighted by molar-refractivity contribution is 5.94. The zero-order valence-corrected chi connectivity index (χ0v) is 18.8. The second-order valence-electron chi connectivity index (χ2n) is 8.92. The minimum absolute atomic E-state index is 0.00100. The fourth-order valence-electron chi connectivity index (χ4n) is 4.19. The number of carbonyl (C=O) groups is 1. The molecule has 3 aromatic rings. The number of benzene rings is 2. The Morgan fingerprint density at radius 1 is 1.09 bits per heavy atom. The number of hydrogen-bond acceptors (Lipinski definition) is 5. The number of carbonyl (C=O) groups excluding carboxylic acids is 1. The first kappa shape index (κ1) is 21.6. The molecule has 7 heteroatoms. The van der Waals surface area contributed by atoms with Gasteiger partial charge in [-0.05, 0) is 62.1 Å². The molecule has 0 bridgehead atoms. The molecule has 1 aromatic heterocycles. The summed E-state index contributed by atoms with van der Waals surface area (Å²) in [6, 6.07) is 13.9. The minimum Gasteiger partial charge on any atom is -0.378 e. The van der Waals surface area contributed by atoms with Gasteiger partial charge in [0.25, 0.3) is 5.91 Å². The molecule has 2 aliphatic rings. The third-order valence-corrected chi connectivity index (χ3v) is 6.29. The molecule has 2 fully saturated rings. The second-order valence-corrected chi connectivity index (χ2v) is 8.92. The van der Waals surface area contributed by atoms with Crippen molar-refractivity contribution >= 4 is 11.8 Å². The van der Waals surface area contributed by atoms with Crippen molar-refractivity contribution in [2.24, 2.45) is 5.92 Å². The molecule has 1 amide bonds. The maximum Gasteiger partial charge on any atom is 0.254 e. The number of hydrogen-bond donors (Lipinski definition) is 0. The van der Waals surface area contributed by atoms with Gasteiger partial charge in [-0.1, -0.05) is 22.9 Å². The highest BCUT2D eigenvalue weighted by Gasteiger charge is 2.31.